The maximum Gasteiger partial charge on any atom is 0.227 e. The largest absolute Gasteiger partial charge is 0.335 e. The molecule has 33 heavy (non-hydrogen) atoms. The summed E-state index contributed by atoms with van der Waals surface area (Å²) < 4.78 is 27.5. The number of hydrogen-bond acceptors (Lipinski definition) is 7. The minimum atomic E-state index is -0.793. The summed E-state index contributed by atoms with van der Waals surface area (Å²) in [7, 11) is 3.98. The molecular weight excluding hydrogens is 428 g/mol. The smallest absolute Gasteiger partial charge is 0.227 e. The first-order valence-corrected chi connectivity index (χ1v) is 10.8. The van der Waals surface area contributed by atoms with E-state index in [0.717, 1.165) is 23.2 Å². The van der Waals surface area contributed by atoms with Crippen molar-refractivity contribution in [2.75, 3.05) is 37.4 Å². The van der Waals surface area contributed by atoms with E-state index in [9.17, 15) is 8.78 Å². The molecule has 11 heteroatoms. The number of rotatable bonds is 9. The third-order valence-corrected chi connectivity index (χ3v) is 5.68. The average Bonchev–Trinajstić information content (AvgIpc) is 3.15. The Kier molecular flexibility index (Phi) is 5.63. The van der Waals surface area contributed by atoms with Gasteiger partial charge in [-0.15, -0.1) is 0 Å². The number of halogens is 2. The summed E-state index contributed by atoms with van der Waals surface area (Å²) in [5.74, 6) is 1.21. The van der Waals surface area contributed by atoms with Crippen LogP contribution in [-0.2, 0) is 6.54 Å². The quantitative estimate of drug-likeness (QED) is 0.357. The monoisotopic (exact) mass is 453 g/mol. The summed E-state index contributed by atoms with van der Waals surface area (Å²) in [6.07, 6.45) is 3.10. The molecule has 4 aromatic rings. The van der Waals surface area contributed by atoms with E-state index in [4.69, 9.17) is 0 Å². The third kappa shape index (κ3) is 4.77. The Morgan fingerprint density at radius 3 is 2.79 bits per heavy atom. The van der Waals surface area contributed by atoms with Crippen LogP contribution in [0.2, 0.25) is 0 Å². The second-order valence-electron chi connectivity index (χ2n) is 8.55. The zero-order valence-electron chi connectivity index (χ0n) is 18.4. The van der Waals surface area contributed by atoms with Gasteiger partial charge >= 0.3 is 0 Å². The number of likely N-dealkylation sites (N-methyl/N-ethyl adjacent to an activating group) is 1. The fraction of sp³-hybridized carbons (Fsp3) is 0.364. The molecule has 9 nitrogen and oxygen atoms in total. The van der Waals surface area contributed by atoms with Gasteiger partial charge in [-0.05, 0) is 44.3 Å². The lowest BCUT2D eigenvalue weighted by atomic mass is 10.1. The lowest BCUT2D eigenvalue weighted by Gasteiger charge is -2.25. The molecule has 0 radical (unpaired) electrons. The first-order valence-electron chi connectivity index (χ1n) is 10.8. The number of alkyl halides is 1. The summed E-state index contributed by atoms with van der Waals surface area (Å²) in [6, 6.07) is 6.50. The molecule has 2 atom stereocenters. The van der Waals surface area contributed by atoms with Gasteiger partial charge in [-0.3, -0.25) is 10.2 Å². The van der Waals surface area contributed by atoms with Crippen LogP contribution in [0.3, 0.4) is 0 Å². The molecule has 1 aliphatic carbocycles. The van der Waals surface area contributed by atoms with Crippen LogP contribution < -0.4 is 10.2 Å². The van der Waals surface area contributed by atoms with Crippen LogP contribution in [0.15, 0.2) is 36.7 Å². The van der Waals surface area contributed by atoms with Gasteiger partial charge < -0.3 is 15.1 Å². The molecule has 172 valence electrons. The van der Waals surface area contributed by atoms with E-state index in [-0.39, 0.29) is 11.7 Å². The highest BCUT2D eigenvalue weighted by molar-refractivity contribution is 5.82. The zero-order valence-corrected chi connectivity index (χ0v) is 18.4. The SMILES string of the molecule is CN(C)CCN(Cc1cc(F)cc2[nH]ncc12)c1nccc(Nc2cc([C@@H]3C[C@@H]3F)[nH]n2)n1. The second kappa shape index (κ2) is 8.74. The van der Waals surface area contributed by atoms with E-state index in [0.29, 0.717) is 42.6 Å². The van der Waals surface area contributed by atoms with E-state index in [1.807, 2.05) is 19.0 Å². The van der Waals surface area contributed by atoms with E-state index in [1.54, 1.807) is 24.5 Å². The number of nitrogens with one attached hydrogen (secondary N) is 3. The molecule has 0 saturated heterocycles. The maximum atomic E-state index is 14.2. The fourth-order valence-electron chi connectivity index (χ4n) is 3.77. The number of aromatic nitrogens is 6. The van der Waals surface area contributed by atoms with Crippen LogP contribution in [0, 0.1) is 5.82 Å². The lowest BCUT2D eigenvalue weighted by Crippen LogP contribution is -2.32. The molecule has 1 aliphatic rings. The van der Waals surface area contributed by atoms with Gasteiger partial charge in [0, 0.05) is 48.9 Å². The predicted octanol–water partition coefficient (Wildman–Crippen LogP) is 3.35. The third-order valence-electron chi connectivity index (χ3n) is 5.68. The normalized spacial score (nSPS) is 17.6. The highest BCUT2D eigenvalue weighted by Crippen LogP contribution is 2.43. The van der Waals surface area contributed by atoms with Crippen molar-refractivity contribution in [1.82, 2.24) is 35.3 Å². The number of nitrogens with zero attached hydrogens (tertiary/aromatic N) is 6. The molecular formula is C22H25F2N9. The van der Waals surface area contributed by atoms with Crippen molar-refractivity contribution in [3.05, 3.63) is 53.7 Å². The van der Waals surface area contributed by atoms with Gasteiger partial charge in [-0.1, -0.05) is 0 Å². The molecule has 3 N–H and O–H groups in total. The first-order chi connectivity index (χ1) is 16.0. The molecule has 0 bridgehead atoms. The van der Waals surface area contributed by atoms with E-state index < -0.39 is 6.17 Å². The van der Waals surface area contributed by atoms with Crippen molar-refractivity contribution < 1.29 is 8.78 Å². The van der Waals surface area contributed by atoms with Crippen LogP contribution in [0.5, 0.6) is 0 Å². The zero-order chi connectivity index (χ0) is 22.9. The first kappa shape index (κ1) is 21.3. The van der Waals surface area contributed by atoms with Crippen molar-refractivity contribution in [1.29, 1.82) is 0 Å². The van der Waals surface area contributed by atoms with Crippen molar-refractivity contribution in [2.24, 2.45) is 0 Å². The van der Waals surface area contributed by atoms with Gasteiger partial charge in [-0.25, -0.2) is 13.8 Å². The predicted molar refractivity (Wildman–Crippen MR) is 122 cm³/mol. The summed E-state index contributed by atoms with van der Waals surface area (Å²) in [4.78, 5) is 13.2. The Hall–Kier alpha value is -3.60. The lowest BCUT2D eigenvalue weighted by molar-refractivity contribution is 0.411. The molecule has 3 heterocycles. The number of anilines is 3. The molecule has 5 rings (SSSR count). The number of benzene rings is 1. The van der Waals surface area contributed by atoms with Gasteiger partial charge in [0.25, 0.3) is 0 Å². The van der Waals surface area contributed by atoms with Gasteiger partial charge in [0.2, 0.25) is 5.95 Å². The Balaban J connectivity index is 1.39. The highest BCUT2D eigenvalue weighted by atomic mass is 19.1. The summed E-state index contributed by atoms with van der Waals surface area (Å²) >= 11 is 0. The van der Waals surface area contributed by atoms with E-state index in [1.165, 1.54) is 12.1 Å². The molecule has 0 unspecified atom stereocenters. The van der Waals surface area contributed by atoms with Gasteiger partial charge in [0.1, 0.15) is 17.8 Å². The Labute approximate surface area is 189 Å². The molecule has 0 spiro atoms. The Morgan fingerprint density at radius 1 is 1.15 bits per heavy atom. The average molecular weight is 454 g/mol. The van der Waals surface area contributed by atoms with Gasteiger partial charge in [0.15, 0.2) is 5.82 Å². The highest BCUT2D eigenvalue weighted by Gasteiger charge is 2.40. The topological polar surface area (TPSA) is 102 Å². The summed E-state index contributed by atoms with van der Waals surface area (Å²) in [5, 5.41) is 18.0. The van der Waals surface area contributed by atoms with Crippen molar-refractivity contribution >= 4 is 28.5 Å². The van der Waals surface area contributed by atoms with Crippen molar-refractivity contribution in [3.8, 4) is 0 Å². The molecule has 0 aliphatic heterocycles. The van der Waals surface area contributed by atoms with Crippen LogP contribution in [0.1, 0.15) is 23.6 Å². The second-order valence-corrected chi connectivity index (χ2v) is 8.55. The van der Waals surface area contributed by atoms with Crippen molar-refractivity contribution in [2.45, 2.75) is 25.1 Å². The number of fused-ring (bicyclic) bond motifs is 1. The van der Waals surface area contributed by atoms with Crippen LogP contribution in [-0.4, -0.2) is 68.6 Å². The fourth-order valence-corrected chi connectivity index (χ4v) is 3.77. The number of aromatic amines is 2. The minimum Gasteiger partial charge on any atom is -0.335 e. The van der Waals surface area contributed by atoms with Crippen LogP contribution >= 0.6 is 0 Å². The molecule has 3 aromatic heterocycles. The van der Waals surface area contributed by atoms with E-state index in [2.05, 4.69) is 40.6 Å². The van der Waals surface area contributed by atoms with Crippen LogP contribution in [0.25, 0.3) is 10.9 Å². The molecule has 1 aromatic carbocycles. The maximum absolute atomic E-state index is 14.2. The van der Waals surface area contributed by atoms with Crippen molar-refractivity contribution in [3.63, 3.8) is 0 Å². The van der Waals surface area contributed by atoms with Crippen LogP contribution in [0.4, 0.5) is 26.4 Å². The number of H-pyrrole nitrogens is 2. The summed E-state index contributed by atoms with van der Waals surface area (Å²) in [6.45, 7) is 1.81. The van der Waals surface area contributed by atoms with Gasteiger partial charge in [0.05, 0.1) is 11.7 Å². The Morgan fingerprint density at radius 2 is 2.00 bits per heavy atom. The molecule has 1 saturated carbocycles. The Bertz CT molecular complexity index is 1250. The number of hydrogen-bond donors (Lipinski definition) is 3. The minimum absolute atomic E-state index is 0.0958. The molecule has 0 amide bonds. The van der Waals surface area contributed by atoms with E-state index >= 15 is 0 Å². The standard InChI is InChI=1S/C22H25F2N9/c1-32(2)5-6-33(12-13-7-14(23)8-18-16(13)11-26-29-18)22-25-4-3-20(28-22)27-21-10-19(30-31-21)15-9-17(15)24/h3-4,7-8,10-11,15,17H,5-6,9,12H2,1-2H3,(H,26,29)(H2,25,27,28,30,31)/t15-,17+/m1/s1. The molecule has 1 fully saturated rings. The van der Waals surface area contributed by atoms with Gasteiger partial charge in [-0.2, -0.15) is 15.2 Å². The summed E-state index contributed by atoms with van der Waals surface area (Å²) in [5.41, 5.74) is 2.22.